The molecule has 1 N–H and O–H groups in total. The Kier molecular flexibility index (Phi) is 4.63. The number of carbonyl (C=O) groups excluding carboxylic acids is 1. The third kappa shape index (κ3) is 3.04. The van der Waals surface area contributed by atoms with Crippen molar-refractivity contribution in [1.29, 1.82) is 0 Å². The molecule has 1 aromatic rings. The van der Waals surface area contributed by atoms with Crippen LogP contribution in [-0.2, 0) is 11.3 Å². The minimum atomic E-state index is -0.172. The maximum Gasteiger partial charge on any atom is 0.343 e. The molecule has 1 saturated carbocycles. The van der Waals surface area contributed by atoms with Crippen LogP contribution in [0.4, 0.5) is 0 Å². The smallest absolute Gasteiger partial charge is 0.298 e. The molecule has 1 aliphatic carbocycles. The SMILES string of the molecule is CCCCn1c(S[C@H]2CCCCC2=O)n[nH]c1=O. The highest BCUT2D eigenvalue weighted by molar-refractivity contribution is 8.00. The van der Waals surface area contributed by atoms with E-state index in [1.165, 1.54) is 11.8 Å². The highest BCUT2D eigenvalue weighted by Gasteiger charge is 2.25. The van der Waals surface area contributed by atoms with Crippen LogP contribution >= 0.6 is 11.8 Å². The van der Waals surface area contributed by atoms with E-state index in [4.69, 9.17) is 0 Å². The molecule has 0 radical (unpaired) electrons. The molecule has 0 saturated heterocycles. The van der Waals surface area contributed by atoms with Crippen molar-refractivity contribution >= 4 is 17.5 Å². The molecule has 0 amide bonds. The average Bonchev–Trinajstić information content (AvgIpc) is 2.71. The van der Waals surface area contributed by atoms with Crippen molar-refractivity contribution in [3.63, 3.8) is 0 Å². The van der Waals surface area contributed by atoms with Gasteiger partial charge in [-0.3, -0.25) is 9.36 Å². The van der Waals surface area contributed by atoms with Gasteiger partial charge >= 0.3 is 5.69 Å². The van der Waals surface area contributed by atoms with Gasteiger partial charge in [-0.1, -0.05) is 31.5 Å². The van der Waals surface area contributed by atoms with Gasteiger partial charge < -0.3 is 0 Å². The number of carbonyl (C=O) groups is 1. The third-order valence-electron chi connectivity index (χ3n) is 3.20. The Morgan fingerprint density at radius 1 is 1.44 bits per heavy atom. The van der Waals surface area contributed by atoms with Crippen molar-refractivity contribution < 1.29 is 4.79 Å². The second-order valence-electron chi connectivity index (χ2n) is 4.64. The molecule has 5 nitrogen and oxygen atoms in total. The first-order chi connectivity index (χ1) is 8.72. The maximum absolute atomic E-state index is 11.8. The van der Waals surface area contributed by atoms with E-state index in [0.717, 1.165) is 32.1 Å². The van der Waals surface area contributed by atoms with Gasteiger partial charge in [0.1, 0.15) is 5.78 Å². The standard InChI is InChI=1S/C12H19N3O2S/c1-2-3-8-15-11(17)13-14-12(15)18-10-7-5-4-6-9(10)16/h10H,2-8H2,1H3,(H,13,17)/t10-/m0/s1. The lowest BCUT2D eigenvalue weighted by Gasteiger charge is -2.19. The molecular formula is C12H19N3O2S. The first kappa shape index (κ1) is 13.4. The van der Waals surface area contributed by atoms with Crippen molar-refractivity contribution in [1.82, 2.24) is 14.8 Å². The predicted molar refractivity (Wildman–Crippen MR) is 70.9 cm³/mol. The lowest BCUT2D eigenvalue weighted by molar-refractivity contribution is -0.119. The number of rotatable bonds is 5. The number of Topliss-reactive ketones (excluding diaryl/α,β-unsaturated/α-hetero) is 1. The summed E-state index contributed by atoms with van der Waals surface area (Å²) in [6, 6.07) is 0. The van der Waals surface area contributed by atoms with Crippen molar-refractivity contribution in [3.05, 3.63) is 10.5 Å². The number of nitrogens with zero attached hydrogens (tertiary/aromatic N) is 2. The van der Waals surface area contributed by atoms with Crippen molar-refractivity contribution in [3.8, 4) is 0 Å². The molecule has 1 aromatic heterocycles. The number of ketones is 1. The summed E-state index contributed by atoms with van der Waals surface area (Å²) in [6.07, 6.45) is 5.64. The van der Waals surface area contributed by atoms with Gasteiger partial charge in [0.25, 0.3) is 0 Å². The van der Waals surface area contributed by atoms with Crippen LogP contribution in [0.5, 0.6) is 0 Å². The summed E-state index contributed by atoms with van der Waals surface area (Å²) in [4.78, 5) is 23.4. The monoisotopic (exact) mass is 269 g/mol. The lowest BCUT2D eigenvalue weighted by atomic mass is 9.99. The number of aromatic amines is 1. The average molecular weight is 269 g/mol. The Balaban J connectivity index is 2.08. The molecular weight excluding hydrogens is 250 g/mol. The fourth-order valence-corrected chi connectivity index (χ4v) is 3.30. The van der Waals surface area contributed by atoms with Crippen LogP contribution in [0.3, 0.4) is 0 Å². The van der Waals surface area contributed by atoms with Crippen LogP contribution in [0.2, 0.25) is 0 Å². The zero-order valence-electron chi connectivity index (χ0n) is 10.6. The highest BCUT2D eigenvalue weighted by Crippen LogP contribution is 2.29. The first-order valence-electron chi connectivity index (χ1n) is 6.57. The molecule has 0 aromatic carbocycles. The number of nitrogens with one attached hydrogen (secondary N) is 1. The molecule has 1 fully saturated rings. The van der Waals surface area contributed by atoms with E-state index in [9.17, 15) is 9.59 Å². The molecule has 1 heterocycles. The van der Waals surface area contributed by atoms with Gasteiger partial charge in [0.05, 0.1) is 5.25 Å². The zero-order chi connectivity index (χ0) is 13.0. The summed E-state index contributed by atoms with van der Waals surface area (Å²) in [5.74, 6) is 0.295. The summed E-state index contributed by atoms with van der Waals surface area (Å²) in [5, 5.41) is 7.15. The zero-order valence-corrected chi connectivity index (χ0v) is 11.5. The van der Waals surface area contributed by atoms with Gasteiger partial charge in [-0.25, -0.2) is 9.89 Å². The van der Waals surface area contributed by atoms with Gasteiger partial charge in [0.2, 0.25) is 0 Å². The fourth-order valence-electron chi connectivity index (χ4n) is 2.11. The fraction of sp³-hybridized carbons (Fsp3) is 0.750. The van der Waals surface area contributed by atoms with Crippen LogP contribution < -0.4 is 5.69 Å². The number of thioether (sulfide) groups is 1. The van der Waals surface area contributed by atoms with E-state index in [1.807, 2.05) is 0 Å². The molecule has 100 valence electrons. The molecule has 1 atom stereocenters. The summed E-state index contributed by atoms with van der Waals surface area (Å²) in [6.45, 7) is 2.76. The van der Waals surface area contributed by atoms with Crippen molar-refractivity contribution in [2.75, 3.05) is 0 Å². The second kappa shape index (κ2) is 6.22. The normalized spacial score (nSPS) is 20.3. The van der Waals surface area contributed by atoms with Crippen LogP contribution in [0.1, 0.15) is 45.4 Å². The van der Waals surface area contributed by atoms with Crippen LogP contribution in [-0.4, -0.2) is 25.8 Å². The molecule has 0 bridgehead atoms. The van der Waals surface area contributed by atoms with Crippen molar-refractivity contribution in [2.45, 2.75) is 62.4 Å². The Bertz CT molecular complexity index is 466. The molecule has 18 heavy (non-hydrogen) atoms. The second-order valence-corrected chi connectivity index (χ2v) is 5.80. The summed E-state index contributed by atoms with van der Waals surface area (Å²) in [5.41, 5.74) is -0.172. The number of hydrogen-bond donors (Lipinski definition) is 1. The molecule has 0 spiro atoms. The van der Waals surface area contributed by atoms with E-state index in [2.05, 4.69) is 17.1 Å². The van der Waals surface area contributed by atoms with Gasteiger partial charge in [-0.15, -0.1) is 5.10 Å². The molecule has 1 aliphatic rings. The number of hydrogen-bond acceptors (Lipinski definition) is 4. The minimum Gasteiger partial charge on any atom is -0.298 e. The largest absolute Gasteiger partial charge is 0.343 e. The van der Waals surface area contributed by atoms with Gasteiger partial charge in [-0.2, -0.15) is 0 Å². The van der Waals surface area contributed by atoms with E-state index < -0.39 is 0 Å². The van der Waals surface area contributed by atoms with E-state index in [0.29, 0.717) is 23.9 Å². The van der Waals surface area contributed by atoms with E-state index >= 15 is 0 Å². The van der Waals surface area contributed by atoms with Gasteiger partial charge in [0.15, 0.2) is 5.16 Å². The molecule has 0 aliphatic heterocycles. The van der Waals surface area contributed by atoms with Crippen molar-refractivity contribution in [2.24, 2.45) is 0 Å². The summed E-state index contributed by atoms with van der Waals surface area (Å²) in [7, 11) is 0. The minimum absolute atomic E-state index is 0.0191. The van der Waals surface area contributed by atoms with Gasteiger partial charge in [-0.05, 0) is 19.3 Å². The molecule has 0 unspecified atom stereocenters. The van der Waals surface area contributed by atoms with Gasteiger partial charge in [0, 0.05) is 13.0 Å². The topological polar surface area (TPSA) is 67.8 Å². The Morgan fingerprint density at radius 3 is 3.00 bits per heavy atom. The number of H-pyrrole nitrogens is 1. The third-order valence-corrected chi connectivity index (χ3v) is 4.51. The first-order valence-corrected chi connectivity index (χ1v) is 7.45. The maximum atomic E-state index is 11.8. The van der Waals surface area contributed by atoms with Crippen LogP contribution in [0.15, 0.2) is 9.95 Å². The predicted octanol–water partition coefficient (Wildman–Crippen LogP) is 1.98. The van der Waals surface area contributed by atoms with E-state index in [-0.39, 0.29) is 10.9 Å². The summed E-state index contributed by atoms with van der Waals surface area (Å²) < 4.78 is 1.65. The summed E-state index contributed by atoms with van der Waals surface area (Å²) >= 11 is 1.44. The molecule has 2 rings (SSSR count). The Labute approximate surface area is 110 Å². The number of aromatic nitrogens is 3. The Hall–Kier alpha value is -1.04. The highest BCUT2D eigenvalue weighted by atomic mass is 32.2. The van der Waals surface area contributed by atoms with Crippen LogP contribution in [0, 0.1) is 0 Å². The Morgan fingerprint density at radius 2 is 2.28 bits per heavy atom. The number of unbranched alkanes of at least 4 members (excludes halogenated alkanes) is 1. The quantitative estimate of drug-likeness (QED) is 0.887. The van der Waals surface area contributed by atoms with Crippen LogP contribution in [0.25, 0.3) is 0 Å². The lowest BCUT2D eigenvalue weighted by Crippen LogP contribution is -2.23. The van der Waals surface area contributed by atoms with E-state index in [1.54, 1.807) is 4.57 Å². The molecule has 6 heteroatoms.